The second-order valence-corrected chi connectivity index (χ2v) is 6.61. The van der Waals surface area contributed by atoms with Crippen molar-refractivity contribution in [1.29, 1.82) is 0 Å². The number of rotatable bonds is 3. The zero-order valence-electron chi connectivity index (χ0n) is 14.0. The number of urea groups is 1. The molecule has 128 valence electrons. The van der Waals surface area contributed by atoms with Gasteiger partial charge in [0.05, 0.1) is 12.2 Å². The van der Waals surface area contributed by atoms with Crippen molar-refractivity contribution in [3.05, 3.63) is 35.4 Å². The van der Waals surface area contributed by atoms with Crippen LogP contribution in [-0.2, 0) is 6.54 Å². The van der Waals surface area contributed by atoms with Gasteiger partial charge in [0.25, 0.3) is 0 Å². The first-order valence-corrected chi connectivity index (χ1v) is 8.89. The summed E-state index contributed by atoms with van der Waals surface area (Å²) in [4.78, 5) is 25.3. The number of carbonyl (C=O) groups is 1. The molecule has 3 heterocycles. The van der Waals surface area contributed by atoms with Crippen LogP contribution in [0.1, 0.15) is 23.5 Å². The van der Waals surface area contributed by atoms with E-state index in [0.29, 0.717) is 13.1 Å². The zero-order valence-corrected chi connectivity index (χ0v) is 14.8. The van der Waals surface area contributed by atoms with E-state index in [1.165, 1.54) is 11.5 Å². The van der Waals surface area contributed by atoms with E-state index < -0.39 is 0 Å². The Bertz CT molecular complexity index is 703. The van der Waals surface area contributed by atoms with Gasteiger partial charge in [-0.15, -0.1) is 0 Å². The molecule has 0 unspecified atom stereocenters. The predicted octanol–water partition coefficient (Wildman–Crippen LogP) is 1.97. The van der Waals surface area contributed by atoms with Gasteiger partial charge in [-0.3, -0.25) is 4.98 Å². The number of aromatic nitrogens is 3. The van der Waals surface area contributed by atoms with Gasteiger partial charge >= 0.3 is 6.03 Å². The van der Waals surface area contributed by atoms with Crippen LogP contribution in [0, 0.1) is 13.8 Å². The smallest absolute Gasteiger partial charge is 0.317 e. The third-order valence-corrected chi connectivity index (χ3v) is 4.96. The van der Waals surface area contributed by atoms with Crippen molar-refractivity contribution in [3.63, 3.8) is 0 Å². The van der Waals surface area contributed by atoms with Gasteiger partial charge in [-0.1, -0.05) is 6.07 Å². The minimum absolute atomic E-state index is 0.0321. The highest BCUT2D eigenvalue weighted by molar-refractivity contribution is 7.09. The average molecular weight is 346 g/mol. The molecule has 7 nitrogen and oxygen atoms in total. The van der Waals surface area contributed by atoms with Crippen molar-refractivity contribution in [2.75, 3.05) is 31.1 Å². The molecule has 3 rings (SSSR count). The number of aryl methyl sites for hydroxylation is 2. The number of nitrogens with zero attached hydrogens (tertiary/aromatic N) is 5. The molecule has 0 bridgehead atoms. The van der Waals surface area contributed by atoms with Crippen molar-refractivity contribution in [3.8, 4) is 0 Å². The van der Waals surface area contributed by atoms with E-state index in [2.05, 4.69) is 24.6 Å². The summed E-state index contributed by atoms with van der Waals surface area (Å²) in [6.45, 7) is 7.48. The second-order valence-electron chi connectivity index (χ2n) is 5.88. The summed E-state index contributed by atoms with van der Waals surface area (Å²) in [6.07, 6.45) is 2.68. The summed E-state index contributed by atoms with van der Waals surface area (Å²) in [7, 11) is 0. The summed E-state index contributed by atoms with van der Waals surface area (Å²) in [5, 5.41) is 3.92. The van der Waals surface area contributed by atoms with Crippen molar-refractivity contribution in [2.24, 2.45) is 0 Å². The summed E-state index contributed by atoms with van der Waals surface area (Å²) in [5.41, 5.74) is 2.00. The third-order valence-electron chi connectivity index (χ3n) is 4.10. The fraction of sp³-hybridized carbons (Fsp3) is 0.500. The predicted molar refractivity (Wildman–Crippen MR) is 94.3 cm³/mol. The van der Waals surface area contributed by atoms with E-state index in [1.54, 1.807) is 6.20 Å². The minimum Gasteiger partial charge on any atom is -0.345 e. The van der Waals surface area contributed by atoms with Gasteiger partial charge in [0, 0.05) is 43.9 Å². The molecule has 0 radical (unpaired) electrons. The van der Waals surface area contributed by atoms with E-state index in [4.69, 9.17) is 0 Å². The Hall–Kier alpha value is -2.22. The van der Waals surface area contributed by atoms with Crippen molar-refractivity contribution >= 4 is 22.7 Å². The molecule has 1 fully saturated rings. The minimum atomic E-state index is -0.0321. The monoisotopic (exact) mass is 346 g/mol. The van der Waals surface area contributed by atoms with Crippen LogP contribution >= 0.6 is 11.5 Å². The lowest BCUT2D eigenvalue weighted by Crippen LogP contribution is -2.42. The van der Waals surface area contributed by atoms with Gasteiger partial charge in [-0.25, -0.2) is 9.78 Å². The number of hydrogen-bond donors (Lipinski definition) is 1. The lowest BCUT2D eigenvalue weighted by molar-refractivity contribution is 0.201. The van der Waals surface area contributed by atoms with Crippen molar-refractivity contribution < 1.29 is 4.79 Å². The number of carbonyl (C=O) groups excluding carboxylic acids is 1. The van der Waals surface area contributed by atoms with E-state index >= 15 is 0 Å². The number of anilines is 1. The Morgan fingerprint density at radius 3 is 2.92 bits per heavy atom. The van der Waals surface area contributed by atoms with Crippen LogP contribution in [0.5, 0.6) is 0 Å². The molecule has 2 amide bonds. The maximum absolute atomic E-state index is 12.4. The third kappa shape index (κ3) is 4.00. The molecule has 1 aliphatic rings. The van der Waals surface area contributed by atoms with Crippen molar-refractivity contribution in [2.45, 2.75) is 26.8 Å². The SMILES string of the molecule is Cc1nsc(N2CCCN(C(=O)NCc3ncccc3C)CC2)n1. The van der Waals surface area contributed by atoms with Crippen LogP contribution in [0.3, 0.4) is 0 Å². The number of nitrogens with one attached hydrogen (secondary N) is 1. The molecule has 1 aliphatic heterocycles. The Kier molecular flexibility index (Phi) is 5.24. The normalized spacial score (nSPS) is 15.2. The first-order valence-electron chi connectivity index (χ1n) is 8.12. The topological polar surface area (TPSA) is 74.2 Å². The van der Waals surface area contributed by atoms with E-state index in [9.17, 15) is 4.79 Å². The zero-order chi connectivity index (χ0) is 16.9. The molecular formula is C16H22N6OS. The lowest BCUT2D eigenvalue weighted by Gasteiger charge is -2.22. The molecule has 8 heteroatoms. The molecule has 0 spiro atoms. The Balaban J connectivity index is 1.54. The molecule has 1 N–H and O–H groups in total. The summed E-state index contributed by atoms with van der Waals surface area (Å²) in [5.74, 6) is 0.805. The fourth-order valence-corrected chi connectivity index (χ4v) is 3.43. The molecular weight excluding hydrogens is 324 g/mol. The van der Waals surface area contributed by atoms with Gasteiger partial charge in [0.1, 0.15) is 5.82 Å². The van der Waals surface area contributed by atoms with Crippen LogP contribution in [0.25, 0.3) is 0 Å². The molecule has 2 aromatic rings. The van der Waals surface area contributed by atoms with Crippen LogP contribution in [0.4, 0.5) is 9.93 Å². The van der Waals surface area contributed by atoms with Crippen molar-refractivity contribution in [1.82, 2.24) is 24.6 Å². The van der Waals surface area contributed by atoms with Gasteiger partial charge in [-0.2, -0.15) is 4.37 Å². The van der Waals surface area contributed by atoms with Gasteiger partial charge < -0.3 is 15.1 Å². The molecule has 1 saturated heterocycles. The number of pyridine rings is 1. The first-order chi connectivity index (χ1) is 11.6. The maximum Gasteiger partial charge on any atom is 0.317 e. The average Bonchev–Trinajstić information content (AvgIpc) is 2.86. The highest BCUT2D eigenvalue weighted by atomic mass is 32.1. The molecule has 24 heavy (non-hydrogen) atoms. The summed E-state index contributed by atoms with van der Waals surface area (Å²) in [6, 6.07) is 3.87. The largest absolute Gasteiger partial charge is 0.345 e. The lowest BCUT2D eigenvalue weighted by atomic mass is 10.2. The Labute approximate surface area is 145 Å². The van der Waals surface area contributed by atoms with Crippen LogP contribution in [0.15, 0.2) is 18.3 Å². The Morgan fingerprint density at radius 2 is 2.17 bits per heavy atom. The summed E-state index contributed by atoms with van der Waals surface area (Å²) < 4.78 is 4.24. The fourth-order valence-electron chi connectivity index (χ4n) is 2.70. The molecule has 0 atom stereocenters. The number of hydrogen-bond acceptors (Lipinski definition) is 6. The highest BCUT2D eigenvalue weighted by Gasteiger charge is 2.21. The van der Waals surface area contributed by atoms with Crippen LogP contribution in [-0.4, -0.2) is 51.5 Å². The summed E-state index contributed by atoms with van der Waals surface area (Å²) >= 11 is 1.42. The molecule has 2 aromatic heterocycles. The van der Waals surface area contributed by atoms with E-state index in [1.807, 2.05) is 30.9 Å². The quantitative estimate of drug-likeness (QED) is 0.920. The Morgan fingerprint density at radius 1 is 1.29 bits per heavy atom. The maximum atomic E-state index is 12.4. The number of amides is 2. The second kappa shape index (κ2) is 7.57. The van der Waals surface area contributed by atoms with Crippen LogP contribution < -0.4 is 10.2 Å². The van der Waals surface area contributed by atoms with Gasteiger partial charge in [-0.05, 0) is 31.9 Å². The van der Waals surface area contributed by atoms with E-state index in [0.717, 1.165) is 48.3 Å². The highest BCUT2D eigenvalue weighted by Crippen LogP contribution is 2.18. The molecule has 0 aromatic carbocycles. The van der Waals surface area contributed by atoms with Crippen LogP contribution in [0.2, 0.25) is 0 Å². The van der Waals surface area contributed by atoms with Gasteiger partial charge in [0.15, 0.2) is 0 Å². The first kappa shape index (κ1) is 16.6. The standard InChI is InChI=1S/C16H22N6OS/c1-12-5-3-6-17-14(12)11-18-15(23)21-7-4-8-22(10-9-21)16-19-13(2)20-24-16/h3,5-6H,4,7-11H2,1-2H3,(H,18,23). The van der Waals surface area contributed by atoms with E-state index in [-0.39, 0.29) is 6.03 Å². The molecule has 0 aliphatic carbocycles. The molecule has 0 saturated carbocycles. The van der Waals surface area contributed by atoms with Gasteiger partial charge in [0.2, 0.25) is 5.13 Å².